The standard InChI is InChI=1S/C29H29NO5/c1-3-32-26-13-9-8-12-22(26)16-25(31)18-24-20-35-29(30-24)23-14-15-27(28(17-23)33-4-2)34-19-21-10-6-5-7-11-21/h5-15,17,20H,3-4,16,18-19H2,1-2H3. The third-order valence-corrected chi connectivity index (χ3v) is 5.32. The minimum Gasteiger partial charge on any atom is -0.494 e. The molecular formula is C29H29NO5. The van der Waals surface area contributed by atoms with E-state index in [1.54, 1.807) is 0 Å². The first-order chi connectivity index (χ1) is 17.2. The number of para-hydroxylation sites is 1. The summed E-state index contributed by atoms with van der Waals surface area (Å²) in [5, 5.41) is 0. The number of ether oxygens (including phenoxy) is 3. The summed E-state index contributed by atoms with van der Waals surface area (Å²) in [7, 11) is 0. The van der Waals surface area contributed by atoms with E-state index < -0.39 is 0 Å². The van der Waals surface area contributed by atoms with E-state index in [0.29, 0.717) is 42.9 Å². The SMILES string of the molecule is CCOc1ccccc1CC(=O)Cc1coc(-c2ccc(OCc3ccccc3)c(OCC)c2)n1. The van der Waals surface area contributed by atoms with Crippen molar-refractivity contribution in [2.24, 2.45) is 0 Å². The number of aromatic nitrogens is 1. The van der Waals surface area contributed by atoms with Gasteiger partial charge >= 0.3 is 0 Å². The Hall–Kier alpha value is -4.06. The predicted molar refractivity (Wildman–Crippen MR) is 134 cm³/mol. The van der Waals surface area contributed by atoms with E-state index in [0.717, 1.165) is 22.4 Å². The van der Waals surface area contributed by atoms with Crippen LogP contribution in [0, 0.1) is 0 Å². The van der Waals surface area contributed by atoms with Gasteiger partial charge in [0.25, 0.3) is 0 Å². The zero-order valence-corrected chi connectivity index (χ0v) is 20.0. The number of ketones is 1. The molecule has 0 saturated carbocycles. The van der Waals surface area contributed by atoms with Crippen molar-refractivity contribution in [3.05, 3.63) is 95.9 Å². The van der Waals surface area contributed by atoms with Crippen LogP contribution in [0.25, 0.3) is 11.5 Å². The lowest BCUT2D eigenvalue weighted by Gasteiger charge is -2.12. The van der Waals surface area contributed by atoms with E-state index >= 15 is 0 Å². The van der Waals surface area contributed by atoms with Gasteiger partial charge < -0.3 is 18.6 Å². The Balaban J connectivity index is 1.43. The molecule has 6 heteroatoms. The van der Waals surface area contributed by atoms with Gasteiger partial charge in [-0.1, -0.05) is 48.5 Å². The number of rotatable bonds is 12. The Morgan fingerprint density at radius 3 is 2.34 bits per heavy atom. The lowest BCUT2D eigenvalue weighted by Crippen LogP contribution is -2.08. The number of nitrogens with zero attached hydrogens (tertiary/aromatic N) is 1. The number of hydrogen-bond acceptors (Lipinski definition) is 6. The second-order valence-electron chi connectivity index (χ2n) is 7.95. The highest BCUT2D eigenvalue weighted by atomic mass is 16.5. The average molecular weight is 472 g/mol. The van der Waals surface area contributed by atoms with Gasteiger partial charge in [-0.2, -0.15) is 0 Å². The maximum atomic E-state index is 12.7. The molecule has 1 heterocycles. The first-order valence-corrected chi connectivity index (χ1v) is 11.8. The zero-order chi connectivity index (χ0) is 24.5. The van der Waals surface area contributed by atoms with E-state index in [4.69, 9.17) is 18.6 Å². The van der Waals surface area contributed by atoms with Crippen LogP contribution < -0.4 is 14.2 Å². The van der Waals surface area contributed by atoms with Gasteiger partial charge in [0.2, 0.25) is 5.89 Å². The quantitative estimate of drug-likeness (QED) is 0.250. The lowest BCUT2D eigenvalue weighted by molar-refractivity contribution is -0.117. The second kappa shape index (κ2) is 11.9. The van der Waals surface area contributed by atoms with E-state index in [1.165, 1.54) is 6.26 Å². The molecule has 0 aliphatic carbocycles. The fraction of sp³-hybridized carbons (Fsp3) is 0.241. The molecule has 3 aromatic carbocycles. The summed E-state index contributed by atoms with van der Waals surface area (Å²) in [6.45, 7) is 5.34. The highest BCUT2D eigenvalue weighted by Gasteiger charge is 2.15. The van der Waals surface area contributed by atoms with Crippen molar-refractivity contribution >= 4 is 5.78 Å². The number of oxazole rings is 1. The summed E-state index contributed by atoms with van der Waals surface area (Å²) in [5.74, 6) is 2.47. The fourth-order valence-electron chi connectivity index (χ4n) is 3.71. The highest BCUT2D eigenvalue weighted by Crippen LogP contribution is 2.33. The Morgan fingerprint density at radius 1 is 0.800 bits per heavy atom. The number of carbonyl (C=O) groups is 1. The van der Waals surface area contributed by atoms with Crippen LogP contribution in [0.15, 0.2) is 83.5 Å². The Bertz CT molecular complexity index is 1250. The fourth-order valence-corrected chi connectivity index (χ4v) is 3.71. The molecule has 4 aromatic rings. The number of carbonyl (C=O) groups excluding carboxylic acids is 1. The van der Waals surface area contributed by atoms with Crippen LogP contribution in [-0.4, -0.2) is 24.0 Å². The molecule has 180 valence electrons. The first-order valence-electron chi connectivity index (χ1n) is 11.8. The van der Waals surface area contributed by atoms with E-state index in [2.05, 4.69) is 4.98 Å². The van der Waals surface area contributed by atoms with Gasteiger partial charge in [-0.25, -0.2) is 4.98 Å². The third kappa shape index (κ3) is 6.51. The van der Waals surface area contributed by atoms with Gasteiger partial charge in [0.1, 0.15) is 24.4 Å². The molecule has 0 unspecified atom stereocenters. The molecule has 0 fully saturated rings. The monoisotopic (exact) mass is 471 g/mol. The summed E-state index contributed by atoms with van der Waals surface area (Å²) in [5.41, 5.74) is 3.28. The molecule has 6 nitrogen and oxygen atoms in total. The molecule has 0 aliphatic heterocycles. The van der Waals surface area contributed by atoms with Crippen LogP contribution in [-0.2, 0) is 24.2 Å². The third-order valence-electron chi connectivity index (χ3n) is 5.32. The molecule has 0 radical (unpaired) electrons. The van der Waals surface area contributed by atoms with Crippen LogP contribution in [0.1, 0.15) is 30.7 Å². The van der Waals surface area contributed by atoms with Crippen molar-refractivity contribution in [3.63, 3.8) is 0 Å². The van der Waals surface area contributed by atoms with Crippen molar-refractivity contribution in [1.82, 2.24) is 4.98 Å². The van der Waals surface area contributed by atoms with E-state index in [-0.39, 0.29) is 18.6 Å². The molecule has 0 atom stereocenters. The van der Waals surface area contributed by atoms with Gasteiger partial charge in [0.05, 0.1) is 25.3 Å². The van der Waals surface area contributed by atoms with E-state index in [9.17, 15) is 4.79 Å². The van der Waals surface area contributed by atoms with Crippen LogP contribution in [0.2, 0.25) is 0 Å². The number of Topliss-reactive ketones (excluding diaryl/α,β-unsaturated/α-hetero) is 1. The first kappa shape index (κ1) is 24.1. The number of hydrogen-bond donors (Lipinski definition) is 0. The van der Waals surface area contributed by atoms with Gasteiger partial charge in [0, 0.05) is 17.5 Å². The molecule has 0 N–H and O–H groups in total. The van der Waals surface area contributed by atoms with Crippen LogP contribution in [0.5, 0.6) is 17.2 Å². The molecule has 0 aliphatic rings. The van der Waals surface area contributed by atoms with Crippen LogP contribution >= 0.6 is 0 Å². The minimum absolute atomic E-state index is 0.0386. The Morgan fingerprint density at radius 2 is 1.54 bits per heavy atom. The number of benzene rings is 3. The summed E-state index contributed by atoms with van der Waals surface area (Å²) < 4.78 is 23.1. The van der Waals surface area contributed by atoms with Gasteiger partial charge in [-0.05, 0) is 43.7 Å². The molecule has 0 saturated heterocycles. The highest BCUT2D eigenvalue weighted by molar-refractivity contribution is 5.83. The molecular weight excluding hydrogens is 442 g/mol. The molecule has 0 spiro atoms. The second-order valence-corrected chi connectivity index (χ2v) is 7.95. The maximum absolute atomic E-state index is 12.7. The van der Waals surface area contributed by atoms with Gasteiger partial charge in [-0.3, -0.25) is 4.79 Å². The summed E-state index contributed by atoms with van der Waals surface area (Å²) in [6, 6.07) is 23.1. The molecule has 35 heavy (non-hydrogen) atoms. The van der Waals surface area contributed by atoms with Crippen molar-refractivity contribution < 1.29 is 23.4 Å². The minimum atomic E-state index is 0.0386. The zero-order valence-electron chi connectivity index (χ0n) is 20.0. The lowest BCUT2D eigenvalue weighted by atomic mass is 10.1. The van der Waals surface area contributed by atoms with Gasteiger partial charge in [0.15, 0.2) is 11.5 Å². The maximum Gasteiger partial charge on any atom is 0.226 e. The molecule has 1 aromatic heterocycles. The van der Waals surface area contributed by atoms with Gasteiger partial charge in [-0.15, -0.1) is 0 Å². The Labute approximate surface area is 205 Å². The van der Waals surface area contributed by atoms with Crippen molar-refractivity contribution in [2.75, 3.05) is 13.2 Å². The summed E-state index contributed by atoms with van der Waals surface area (Å²) in [6.07, 6.45) is 1.99. The average Bonchev–Trinajstić information content (AvgIpc) is 3.34. The van der Waals surface area contributed by atoms with Crippen molar-refractivity contribution in [1.29, 1.82) is 0 Å². The Kier molecular flexibility index (Phi) is 8.17. The smallest absolute Gasteiger partial charge is 0.226 e. The topological polar surface area (TPSA) is 70.8 Å². The van der Waals surface area contributed by atoms with Crippen molar-refractivity contribution in [2.45, 2.75) is 33.3 Å². The molecule has 0 amide bonds. The predicted octanol–water partition coefficient (Wildman–Crippen LogP) is 6.07. The molecule has 0 bridgehead atoms. The van der Waals surface area contributed by atoms with E-state index in [1.807, 2.05) is 86.6 Å². The molecule has 4 rings (SSSR count). The van der Waals surface area contributed by atoms with Crippen LogP contribution in [0.4, 0.5) is 0 Å². The van der Waals surface area contributed by atoms with Crippen molar-refractivity contribution in [3.8, 4) is 28.7 Å². The normalized spacial score (nSPS) is 10.7. The largest absolute Gasteiger partial charge is 0.494 e. The summed E-state index contributed by atoms with van der Waals surface area (Å²) in [4.78, 5) is 17.2. The summed E-state index contributed by atoms with van der Waals surface area (Å²) >= 11 is 0. The van der Waals surface area contributed by atoms with Crippen LogP contribution in [0.3, 0.4) is 0 Å².